The Morgan fingerprint density at radius 1 is 1.16 bits per heavy atom. The fourth-order valence-electron chi connectivity index (χ4n) is 3.66. The highest BCUT2D eigenvalue weighted by molar-refractivity contribution is 5.68. The van der Waals surface area contributed by atoms with Gasteiger partial charge in [0.1, 0.15) is 11.4 Å². The van der Waals surface area contributed by atoms with Crippen LogP contribution < -0.4 is 4.74 Å². The quantitative estimate of drug-likeness (QED) is 0.615. The van der Waals surface area contributed by atoms with E-state index in [-0.39, 0.29) is 17.9 Å². The van der Waals surface area contributed by atoms with Gasteiger partial charge in [0.25, 0.3) is 5.69 Å². The highest BCUT2D eigenvalue weighted by Crippen LogP contribution is 2.40. The minimum absolute atomic E-state index is 0.0589. The van der Waals surface area contributed by atoms with Crippen molar-refractivity contribution in [3.8, 4) is 5.75 Å². The van der Waals surface area contributed by atoms with Crippen LogP contribution in [0, 0.1) is 22.0 Å². The number of nitrogens with zero attached hydrogens (tertiary/aromatic N) is 2. The van der Waals surface area contributed by atoms with E-state index >= 15 is 0 Å². The lowest BCUT2D eigenvalue weighted by Crippen LogP contribution is -2.36. The maximum absolute atomic E-state index is 12.2. The van der Waals surface area contributed by atoms with Gasteiger partial charge in [0.05, 0.1) is 11.0 Å². The van der Waals surface area contributed by atoms with E-state index in [1.807, 2.05) is 20.8 Å². The average molecular weight is 348 g/mol. The Morgan fingerprint density at radius 3 is 2.20 bits per heavy atom. The second kappa shape index (κ2) is 6.54. The van der Waals surface area contributed by atoms with E-state index < -0.39 is 10.5 Å². The third-order valence-corrected chi connectivity index (χ3v) is 4.71. The molecule has 3 rings (SSSR count). The molecule has 1 aromatic rings. The number of nitro groups is 1. The number of carbonyl (C=O) groups is 1. The van der Waals surface area contributed by atoms with Gasteiger partial charge in [-0.2, -0.15) is 0 Å². The molecule has 136 valence electrons. The third-order valence-electron chi connectivity index (χ3n) is 4.71. The summed E-state index contributed by atoms with van der Waals surface area (Å²) in [6, 6.07) is 6.18. The first-order chi connectivity index (χ1) is 11.7. The summed E-state index contributed by atoms with van der Waals surface area (Å²) in [5.74, 6) is 1.51. The van der Waals surface area contributed by atoms with E-state index in [1.54, 1.807) is 17.0 Å². The summed E-state index contributed by atoms with van der Waals surface area (Å²) >= 11 is 0. The Labute approximate surface area is 147 Å². The molecule has 1 unspecified atom stereocenters. The lowest BCUT2D eigenvalue weighted by molar-refractivity contribution is -0.384. The molecule has 1 heterocycles. The Bertz CT molecular complexity index is 638. The lowest BCUT2D eigenvalue weighted by Gasteiger charge is -2.25. The third kappa shape index (κ3) is 4.21. The standard InChI is InChI=1S/C18H24N2O5/c1-18(2,3)25-17(21)19-10-12-8-16(9-13(12)11-19)24-15-6-4-14(5-7-15)20(22)23/h4-7,12-13,16H,8-11H2,1-3H3/t12-,13+,16?. The number of benzene rings is 1. The second-order valence-electron chi connectivity index (χ2n) is 7.87. The van der Waals surface area contributed by atoms with Crippen molar-refractivity contribution in [1.82, 2.24) is 4.90 Å². The van der Waals surface area contributed by atoms with E-state index in [9.17, 15) is 14.9 Å². The van der Waals surface area contributed by atoms with Crippen LogP contribution in [0.5, 0.6) is 5.75 Å². The first kappa shape index (κ1) is 17.5. The van der Waals surface area contributed by atoms with Crippen molar-refractivity contribution in [2.45, 2.75) is 45.3 Å². The molecule has 1 aliphatic heterocycles. The van der Waals surface area contributed by atoms with E-state index in [0.717, 1.165) is 12.8 Å². The van der Waals surface area contributed by atoms with Gasteiger partial charge in [-0.25, -0.2) is 4.79 Å². The first-order valence-corrected chi connectivity index (χ1v) is 8.60. The summed E-state index contributed by atoms with van der Waals surface area (Å²) in [6.07, 6.45) is 1.63. The molecule has 0 spiro atoms. The van der Waals surface area contributed by atoms with Gasteiger partial charge in [0.2, 0.25) is 0 Å². The Morgan fingerprint density at radius 2 is 1.72 bits per heavy atom. The molecular weight excluding hydrogens is 324 g/mol. The first-order valence-electron chi connectivity index (χ1n) is 8.60. The van der Waals surface area contributed by atoms with Crippen molar-refractivity contribution < 1.29 is 19.2 Å². The maximum atomic E-state index is 12.2. The predicted octanol–water partition coefficient (Wildman–Crippen LogP) is 3.62. The van der Waals surface area contributed by atoms with Crippen LogP contribution in [0.15, 0.2) is 24.3 Å². The molecule has 2 aliphatic rings. The predicted molar refractivity (Wildman–Crippen MR) is 91.5 cm³/mol. The average Bonchev–Trinajstić information content (AvgIpc) is 3.04. The number of ether oxygens (including phenoxy) is 2. The topological polar surface area (TPSA) is 81.9 Å². The Kier molecular flexibility index (Phi) is 4.58. The van der Waals surface area contributed by atoms with Gasteiger partial charge in [0, 0.05) is 25.2 Å². The highest BCUT2D eigenvalue weighted by Gasteiger charge is 2.44. The summed E-state index contributed by atoms with van der Waals surface area (Å²) in [5, 5.41) is 10.7. The lowest BCUT2D eigenvalue weighted by atomic mass is 10.0. The van der Waals surface area contributed by atoms with Crippen LogP contribution in [-0.4, -0.2) is 40.7 Å². The van der Waals surface area contributed by atoms with E-state index in [4.69, 9.17) is 9.47 Å². The van der Waals surface area contributed by atoms with E-state index in [2.05, 4.69) is 0 Å². The SMILES string of the molecule is CC(C)(C)OC(=O)N1C[C@H]2CC(Oc3ccc([N+](=O)[O-])cc3)C[C@H]2C1. The van der Waals surface area contributed by atoms with Crippen molar-refractivity contribution in [3.63, 3.8) is 0 Å². The second-order valence-corrected chi connectivity index (χ2v) is 7.87. The fourth-order valence-corrected chi connectivity index (χ4v) is 3.66. The zero-order chi connectivity index (χ0) is 18.2. The van der Waals surface area contributed by atoms with Crippen molar-refractivity contribution >= 4 is 11.8 Å². The fraction of sp³-hybridized carbons (Fsp3) is 0.611. The summed E-state index contributed by atoms with van der Waals surface area (Å²) in [6.45, 7) is 7.03. The van der Waals surface area contributed by atoms with Crippen LogP contribution in [0.1, 0.15) is 33.6 Å². The molecular formula is C18H24N2O5. The number of nitro benzene ring substituents is 1. The van der Waals surface area contributed by atoms with Gasteiger partial charge in [-0.15, -0.1) is 0 Å². The van der Waals surface area contributed by atoms with Crippen LogP contribution >= 0.6 is 0 Å². The van der Waals surface area contributed by atoms with E-state index in [0.29, 0.717) is 30.7 Å². The smallest absolute Gasteiger partial charge is 0.410 e. The molecule has 1 saturated carbocycles. The number of hydrogen-bond acceptors (Lipinski definition) is 5. The number of non-ortho nitro benzene ring substituents is 1. The number of amides is 1. The molecule has 0 aromatic heterocycles. The van der Waals surface area contributed by atoms with Crippen molar-refractivity contribution in [3.05, 3.63) is 34.4 Å². The maximum Gasteiger partial charge on any atom is 0.410 e. The molecule has 1 aromatic carbocycles. The van der Waals surface area contributed by atoms with Gasteiger partial charge in [-0.3, -0.25) is 10.1 Å². The van der Waals surface area contributed by atoms with Crippen molar-refractivity contribution in [2.24, 2.45) is 11.8 Å². The molecule has 1 saturated heterocycles. The molecule has 7 heteroatoms. The van der Waals surface area contributed by atoms with E-state index in [1.165, 1.54) is 12.1 Å². The molecule has 7 nitrogen and oxygen atoms in total. The Balaban J connectivity index is 1.51. The number of hydrogen-bond donors (Lipinski definition) is 0. The van der Waals surface area contributed by atoms with Crippen molar-refractivity contribution in [2.75, 3.05) is 13.1 Å². The Hall–Kier alpha value is -2.31. The zero-order valence-corrected chi connectivity index (χ0v) is 14.8. The molecule has 0 bridgehead atoms. The van der Waals surface area contributed by atoms with Gasteiger partial charge >= 0.3 is 6.09 Å². The molecule has 0 N–H and O–H groups in total. The van der Waals surface area contributed by atoms with Crippen LogP contribution in [0.2, 0.25) is 0 Å². The molecule has 2 fully saturated rings. The van der Waals surface area contributed by atoms with Crippen LogP contribution in [0.25, 0.3) is 0 Å². The monoisotopic (exact) mass is 348 g/mol. The van der Waals surface area contributed by atoms with Gasteiger partial charge in [-0.05, 0) is 57.6 Å². The van der Waals surface area contributed by atoms with Crippen LogP contribution in [0.3, 0.4) is 0 Å². The van der Waals surface area contributed by atoms with Crippen molar-refractivity contribution in [1.29, 1.82) is 0 Å². The van der Waals surface area contributed by atoms with Crippen LogP contribution in [0.4, 0.5) is 10.5 Å². The minimum Gasteiger partial charge on any atom is -0.490 e. The zero-order valence-electron chi connectivity index (χ0n) is 14.8. The summed E-state index contributed by atoms with van der Waals surface area (Å²) in [7, 11) is 0. The number of likely N-dealkylation sites (tertiary alicyclic amines) is 1. The summed E-state index contributed by atoms with van der Waals surface area (Å²) in [4.78, 5) is 24.2. The largest absolute Gasteiger partial charge is 0.490 e. The molecule has 1 amide bonds. The van der Waals surface area contributed by atoms with Crippen LogP contribution in [-0.2, 0) is 4.74 Å². The molecule has 0 radical (unpaired) electrons. The van der Waals surface area contributed by atoms with Gasteiger partial charge in [-0.1, -0.05) is 0 Å². The van der Waals surface area contributed by atoms with Gasteiger partial charge < -0.3 is 14.4 Å². The normalized spacial score (nSPS) is 25.6. The van der Waals surface area contributed by atoms with Gasteiger partial charge in [0.15, 0.2) is 0 Å². The minimum atomic E-state index is -0.476. The molecule has 25 heavy (non-hydrogen) atoms. The number of carbonyl (C=O) groups excluding carboxylic acids is 1. The number of rotatable bonds is 3. The molecule has 3 atom stereocenters. The number of fused-ring (bicyclic) bond motifs is 1. The summed E-state index contributed by atoms with van der Waals surface area (Å²) < 4.78 is 11.4. The highest BCUT2D eigenvalue weighted by atomic mass is 16.6. The summed E-state index contributed by atoms with van der Waals surface area (Å²) in [5.41, 5.74) is -0.417. The molecule has 1 aliphatic carbocycles.